The summed E-state index contributed by atoms with van der Waals surface area (Å²) < 4.78 is 0. The Morgan fingerprint density at radius 1 is 1.31 bits per heavy atom. The second-order valence-corrected chi connectivity index (χ2v) is 8.91. The van der Waals surface area contributed by atoms with E-state index in [9.17, 15) is 15.0 Å². The van der Waals surface area contributed by atoms with Crippen LogP contribution in [0.1, 0.15) is 71.1 Å². The zero-order chi connectivity index (χ0) is 18.7. The van der Waals surface area contributed by atoms with Crippen molar-refractivity contribution in [3.05, 3.63) is 23.8 Å². The molecule has 0 bridgehead atoms. The van der Waals surface area contributed by atoms with Gasteiger partial charge in [0.1, 0.15) is 0 Å². The lowest BCUT2D eigenvalue weighted by Crippen LogP contribution is -2.51. The van der Waals surface area contributed by atoms with Gasteiger partial charge in [-0.1, -0.05) is 56.4 Å². The van der Waals surface area contributed by atoms with Gasteiger partial charge in [0.05, 0.1) is 12.2 Å². The predicted molar refractivity (Wildman–Crippen MR) is 102 cm³/mol. The van der Waals surface area contributed by atoms with Crippen molar-refractivity contribution in [3.8, 4) is 0 Å². The van der Waals surface area contributed by atoms with Gasteiger partial charge in [-0.25, -0.2) is 0 Å². The normalized spacial score (nSPS) is 37.7. The quantitative estimate of drug-likeness (QED) is 0.597. The molecule has 0 aromatic heterocycles. The van der Waals surface area contributed by atoms with Crippen LogP contribution in [0.3, 0.4) is 0 Å². The summed E-state index contributed by atoms with van der Waals surface area (Å²) in [5.74, 6) is 0.406. The van der Waals surface area contributed by atoms with Gasteiger partial charge in [-0.15, -0.1) is 0 Å². The number of aliphatic hydroxyl groups excluding tert-OH is 2. The maximum atomic E-state index is 10.7. The Morgan fingerprint density at radius 2 is 2.04 bits per heavy atom. The zero-order valence-electron chi connectivity index (χ0n) is 15.9. The molecule has 0 aliphatic heterocycles. The Balaban J connectivity index is 1.59. The third-order valence-electron chi connectivity index (χ3n) is 7.21. The summed E-state index contributed by atoms with van der Waals surface area (Å²) in [6.07, 6.45) is 14.7. The molecule has 3 saturated carbocycles. The Morgan fingerprint density at radius 3 is 2.73 bits per heavy atom. The fraction of sp³-hybridized carbons (Fsp3) is 0.773. The van der Waals surface area contributed by atoms with E-state index in [4.69, 9.17) is 5.11 Å². The topological polar surface area (TPSA) is 77.8 Å². The van der Waals surface area contributed by atoms with E-state index in [0.717, 1.165) is 25.7 Å². The van der Waals surface area contributed by atoms with Gasteiger partial charge < -0.3 is 15.3 Å². The van der Waals surface area contributed by atoms with Gasteiger partial charge in [0.2, 0.25) is 0 Å². The molecule has 3 rings (SSSR count). The Labute approximate surface area is 157 Å². The molecule has 4 heteroatoms. The van der Waals surface area contributed by atoms with Crippen LogP contribution in [0, 0.1) is 23.2 Å². The summed E-state index contributed by atoms with van der Waals surface area (Å²) in [7, 11) is 0. The molecule has 0 spiro atoms. The van der Waals surface area contributed by atoms with Gasteiger partial charge in [-0.2, -0.15) is 0 Å². The third kappa shape index (κ3) is 4.23. The molecule has 1 unspecified atom stereocenters. The molecule has 0 aromatic carbocycles. The number of rotatable bonds is 7. The van der Waals surface area contributed by atoms with Crippen LogP contribution in [0.15, 0.2) is 23.8 Å². The summed E-state index contributed by atoms with van der Waals surface area (Å²) in [6.45, 7) is 2.26. The molecule has 3 aliphatic rings. The average Bonchev–Trinajstić information content (AvgIpc) is 3.08. The molecule has 0 heterocycles. The van der Waals surface area contributed by atoms with Crippen molar-refractivity contribution in [2.75, 3.05) is 0 Å². The summed E-state index contributed by atoms with van der Waals surface area (Å²) in [6, 6.07) is 0. The highest BCUT2D eigenvalue weighted by atomic mass is 16.4. The lowest BCUT2D eigenvalue weighted by atomic mass is 9.48. The highest BCUT2D eigenvalue weighted by molar-refractivity contribution is 5.66. The summed E-state index contributed by atoms with van der Waals surface area (Å²) in [5, 5.41) is 29.7. The molecular weight excluding hydrogens is 328 g/mol. The third-order valence-corrected chi connectivity index (χ3v) is 7.21. The molecule has 0 aromatic rings. The molecule has 4 nitrogen and oxygen atoms in total. The van der Waals surface area contributed by atoms with Gasteiger partial charge in [0, 0.05) is 12.3 Å². The van der Waals surface area contributed by atoms with Gasteiger partial charge in [-0.05, 0) is 49.4 Å². The number of aliphatic hydroxyl groups is 2. The van der Waals surface area contributed by atoms with E-state index < -0.39 is 12.1 Å². The van der Waals surface area contributed by atoms with Gasteiger partial charge in [0.25, 0.3) is 0 Å². The van der Waals surface area contributed by atoms with Crippen molar-refractivity contribution >= 4 is 5.97 Å². The Hall–Kier alpha value is -1.13. The Bertz CT molecular complexity index is 560. The molecule has 3 fully saturated rings. The van der Waals surface area contributed by atoms with Gasteiger partial charge >= 0.3 is 5.97 Å². The lowest BCUT2D eigenvalue weighted by Gasteiger charge is -2.57. The zero-order valence-corrected chi connectivity index (χ0v) is 15.9. The number of hydrogen-bond acceptors (Lipinski definition) is 3. The molecular formula is C22H34O4. The number of carboxylic acids is 1. The number of aliphatic carboxylic acids is 1. The van der Waals surface area contributed by atoms with Crippen molar-refractivity contribution in [1.82, 2.24) is 0 Å². The van der Waals surface area contributed by atoms with E-state index in [1.807, 2.05) is 6.08 Å². The minimum absolute atomic E-state index is 0.0865. The lowest BCUT2D eigenvalue weighted by molar-refractivity contribution is -0.136. The first kappa shape index (κ1) is 19.6. The number of allylic oxidation sites excluding steroid dienone is 2. The number of carboxylic acid groups (broad SMARTS) is 1. The van der Waals surface area contributed by atoms with Gasteiger partial charge in [0.15, 0.2) is 0 Å². The average molecular weight is 363 g/mol. The first-order valence-corrected chi connectivity index (χ1v) is 10.4. The van der Waals surface area contributed by atoms with E-state index in [1.165, 1.54) is 31.3 Å². The van der Waals surface area contributed by atoms with E-state index in [2.05, 4.69) is 19.1 Å². The highest BCUT2D eigenvalue weighted by Gasteiger charge is 2.53. The summed E-state index contributed by atoms with van der Waals surface area (Å²) in [5.41, 5.74) is 1.45. The molecule has 0 saturated heterocycles. The highest BCUT2D eigenvalue weighted by Crippen LogP contribution is 2.61. The predicted octanol–water partition coefficient (Wildman–Crippen LogP) is 4.07. The SMILES string of the molecule is C[C@@]12CC[C@H](O)[C@@H](/C=C/C(O)CC3CCCC3)[C@@H]1CC2=CCCC(=O)O. The Kier molecular flexibility index (Phi) is 6.24. The van der Waals surface area contributed by atoms with Crippen LogP contribution >= 0.6 is 0 Å². The van der Waals surface area contributed by atoms with Crippen LogP contribution in [0.25, 0.3) is 0 Å². The standard InChI is InChI=1S/C22H34O4/c1-22-12-11-20(24)18(10-9-17(23)13-15-5-2-3-6-15)19(22)14-16(22)7-4-8-21(25)26/h7,9-10,15,17-20,23-24H,2-6,8,11-14H2,1H3,(H,25,26)/b10-9+,16-7?/t17?,18-,19-,20-,22-/m0/s1. The first-order valence-electron chi connectivity index (χ1n) is 10.4. The number of carbonyl (C=O) groups is 1. The van der Waals surface area contributed by atoms with Crippen molar-refractivity contribution in [2.24, 2.45) is 23.2 Å². The summed E-state index contributed by atoms with van der Waals surface area (Å²) in [4.78, 5) is 10.7. The molecule has 146 valence electrons. The fourth-order valence-corrected chi connectivity index (χ4v) is 5.49. The van der Waals surface area contributed by atoms with Crippen LogP contribution in [0.4, 0.5) is 0 Å². The molecule has 0 amide bonds. The van der Waals surface area contributed by atoms with Crippen LogP contribution in [-0.2, 0) is 4.79 Å². The molecule has 5 atom stereocenters. The second-order valence-electron chi connectivity index (χ2n) is 8.91. The maximum absolute atomic E-state index is 10.7. The largest absolute Gasteiger partial charge is 0.481 e. The maximum Gasteiger partial charge on any atom is 0.303 e. The van der Waals surface area contributed by atoms with Crippen molar-refractivity contribution in [3.63, 3.8) is 0 Å². The second kappa shape index (κ2) is 8.26. The van der Waals surface area contributed by atoms with E-state index in [1.54, 1.807) is 0 Å². The first-order chi connectivity index (χ1) is 12.4. The van der Waals surface area contributed by atoms with Crippen molar-refractivity contribution in [2.45, 2.75) is 83.3 Å². The van der Waals surface area contributed by atoms with Crippen LogP contribution in [0.2, 0.25) is 0 Å². The van der Waals surface area contributed by atoms with Crippen LogP contribution in [-0.4, -0.2) is 33.5 Å². The van der Waals surface area contributed by atoms with Crippen molar-refractivity contribution < 1.29 is 20.1 Å². The minimum Gasteiger partial charge on any atom is -0.481 e. The smallest absolute Gasteiger partial charge is 0.303 e. The van der Waals surface area contributed by atoms with E-state index >= 15 is 0 Å². The molecule has 0 radical (unpaired) electrons. The van der Waals surface area contributed by atoms with Crippen molar-refractivity contribution in [1.29, 1.82) is 0 Å². The summed E-state index contributed by atoms with van der Waals surface area (Å²) >= 11 is 0. The molecule has 26 heavy (non-hydrogen) atoms. The minimum atomic E-state index is -0.751. The van der Waals surface area contributed by atoms with E-state index in [0.29, 0.717) is 18.3 Å². The number of fused-ring (bicyclic) bond motifs is 1. The van der Waals surface area contributed by atoms with Crippen LogP contribution < -0.4 is 0 Å². The van der Waals surface area contributed by atoms with E-state index in [-0.39, 0.29) is 23.9 Å². The molecule has 3 aliphatic carbocycles. The van der Waals surface area contributed by atoms with Gasteiger partial charge in [-0.3, -0.25) is 4.79 Å². The van der Waals surface area contributed by atoms with Crippen LogP contribution in [0.5, 0.6) is 0 Å². The monoisotopic (exact) mass is 362 g/mol. The fourth-order valence-electron chi connectivity index (χ4n) is 5.49. The number of hydrogen-bond donors (Lipinski definition) is 3. The molecule has 3 N–H and O–H groups in total.